The average Bonchev–Trinajstić information content (AvgIpc) is 3.09. The van der Waals surface area contributed by atoms with E-state index in [2.05, 4.69) is 12.1 Å². The van der Waals surface area contributed by atoms with E-state index >= 15 is 0 Å². The number of hydrogen-bond acceptors (Lipinski definition) is 4. The van der Waals surface area contributed by atoms with E-state index in [1.165, 1.54) is 24.0 Å². The molecule has 0 aromatic heterocycles. The Morgan fingerprint density at radius 1 is 1.19 bits per heavy atom. The molecule has 0 N–H and O–H groups in total. The Labute approximate surface area is 165 Å². The Morgan fingerprint density at radius 2 is 1.89 bits per heavy atom. The first-order valence-electron chi connectivity index (χ1n) is 8.83. The smallest absolute Gasteiger partial charge is 0.242 e. The molecule has 1 heterocycles. The van der Waals surface area contributed by atoms with Crippen LogP contribution in [0.1, 0.15) is 18.1 Å². The van der Waals surface area contributed by atoms with Crippen molar-refractivity contribution in [3.8, 4) is 0 Å². The highest BCUT2D eigenvalue weighted by Crippen LogP contribution is 2.32. The first kappa shape index (κ1) is 19.9. The summed E-state index contributed by atoms with van der Waals surface area (Å²) in [6.45, 7) is 2.52. The number of thioether (sulfide) groups is 1. The SMILES string of the molecule is C[C@@H](SCc1ccccc1)C(=O)N1CCc2cc(S(=O)(=O)N(C)C)ccc21. The number of fused-ring (bicyclic) bond motifs is 1. The number of amides is 1. The van der Waals surface area contributed by atoms with E-state index in [9.17, 15) is 13.2 Å². The summed E-state index contributed by atoms with van der Waals surface area (Å²) in [7, 11) is -0.430. The highest BCUT2D eigenvalue weighted by atomic mass is 32.2. The van der Waals surface area contributed by atoms with Gasteiger partial charge in [-0.15, -0.1) is 11.8 Å². The summed E-state index contributed by atoms with van der Waals surface area (Å²) in [5.74, 6) is 0.854. The van der Waals surface area contributed by atoms with Crippen molar-refractivity contribution < 1.29 is 13.2 Å². The summed E-state index contributed by atoms with van der Waals surface area (Å²) in [5.41, 5.74) is 2.93. The van der Waals surface area contributed by atoms with Crippen LogP contribution in [-0.4, -0.2) is 44.5 Å². The molecule has 0 spiro atoms. The van der Waals surface area contributed by atoms with E-state index in [0.717, 1.165) is 17.0 Å². The van der Waals surface area contributed by atoms with Crippen LogP contribution in [0.5, 0.6) is 0 Å². The number of nitrogens with zero attached hydrogens (tertiary/aromatic N) is 2. The van der Waals surface area contributed by atoms with Crippen LogP contribution in [0.25, 0.3) is 0 Å². The van der Waals surface area contributed by atoms with Crippen molar-refractivity contribution >= 4 is 33.4 Å². The van der Waals surface area contributed by atoms with Crippen molar-refractivity contribution in [1.82, 2.24) is 4.31 Å². The van der Waals surface area contributed by atoms with Gasteiger partial charge in [-0.25, -0.2) is 12.7 Å². The number of hydrogen-bond donors (Lipinski definition) is 0. The molecule has 0 aliphatic carbocycles. The molecule has 0 saturated heterocycles. The third kappa shape index (κ3) is 4.20. The van der Waals surface area contributed by atoms with E-state index in [1.54, 1.807) is 34.9 Å². The Balaban J connectivity index is 1.72. The van der Waals surface area contributed by atoms with Crippen LogP contribution in [0.15, 0.2) is 53.4 Å². The quantitative estimate of drug-likeness (QED) is 0.742. The molecule has 2 aromatic carbocycles. The lowest BCUT2D eigenvalue weighted by Crippen LogP contribution is -2.35. The van der Waals surface area contributed by atoms with Gasteiger partial charge >= 0.3 is 0 Å². The molecule has 3 rings (SSSR count). The van der Waals surface area contributed by atoms with Gasteiger partial charge in [-0.3, -0.25) is 4.79 Å². The fourth-order valence-electron chi connectivity index (χ4n) is 3.06. The molecule has 0 bridgehead atoms. The standard InChI is InChI=1S/C20H24N2O3S2/c1-15(26-14-16-7-5-4-6-8-16)20(23)22-12-11-17-13-18(9-10-19(17)22)27(24,25)21(2)3/h4-10,13,15H,11-12,14H2,1-3H3/t15-/m1/s1. The molecule has 0 radical (unpaired) electrons. The minimum absolute atomic E-state index is 0.0675. The molecular formula is C20H24N2O3S2. The third-order valence-electron chi connectivity index (χ3n) is 4.68. The van der Waals surface area contributed by atoms with Gasteiger partial charge in [0.15, 0.2) is 0 Å². The summed E-state index contributed by atoms with van der Waals surface area (Å²) in [4.78, 5) is 15.0. The molecule has 0 saturated carbocycles. The number of sulfonamides is 1. The van der Waals surface area contributed by atoms with E-state index in [1.807, 2.05) is 25.1 Å². The van der Waals surface area contributed by atoms with Crippen LogP contribution in [0.2, 0.25) is 0 Å². The molecule has 1 amide bonds. The van der Waals surface area contributed by atoms with Gasteiger partial charge < -0.3 is 4.90 Å². The Morgan fingerprint density at radius 3 is 2.56 bits per heavy atom. The zero-order chi connectivity index (χ0) is 19.6. The van der Waals surface area contributed by atoms with Gasteiger partial charge in [0, 0.05) is 32.1 Å². The second kappa shape index (κ2) is 8.04. The lowest BCUT2D eigenvalue weighted by atomic mass is 10.2. The van der Waals surface area contributed by atoms with E-state index < -0.39 is 10.0 Å². The Hall–Kier alpha value is -1.83. The maximum Gasteiger partial charge on any atom is 0.242 e. The molecule has 5 nitrogen and oxygen atoms in total. The van der Waals surface area contributed by atoms with Crippen molar-refractivity contribution in [1.29, 1.82) is 0 Å². The lowest BCUT2D eigenvalue weighted by Gasteiger charge is -2.22. The van der Waals surface area contributed by atoms with Crippen LogP contribution in [0.4, 0.5) is 5.69 Å². The zero-order valence-corrected chi connectivity index (χ0v) is 17.4. The predicted molar refractivity (Wildman–Crippen MR) is 111 cm³/mol. The van der Waals surface area contributed by atoms with Crippen LogP contribution in [0.3, 0.4) is 0 Å². The maximum atomic E-state index is 12.9. The summed E-state index contributed by atoms with van der Waals surface area (Å²) in [5, 5.41) is -0.165. The first-order valence-corrected chi connectivity index (χ1v) is 11.3. The number of benzene rings is 2. The van der Waals surface area contributed by atoms with Gasteiger partial charge in [0.1, 0.15) is 0 Å². The normalized spacial score (nSPS) is 15.0. The number of carbonyl (C=O) groups excluding carboxylic acids is 1. The predicted octanol–water partition coefficient (Wildman–Crippen LogP) is 3.15. The van der Waals surface area contributed by atoms with E-state index in [-0.39, 0.29) is 16.1 Å². The van der Waals surface area contributed by atoms with Gasteiger partial charge in [-0.1, -0.05) is 30.3 Å². The van der Waals surface area contributed by atoms with Gasteiger partial charge in [-0.05, 0) is 42.7 Å². The molecule has 2 aromatic rings. The van der Waals surface area contributed by atoms with Gasteiger partial charge in [0.25, 0.3) is 0 Å². The number of rotatable bonds is 6. The molecule has 1 aliphatic heterocycles. The van der Waals surface area contributed by atoms with Gasteiger partial charge in [0.05, 0.1) is 10.1 Å². The van der Waals surface area contributed by atoms with Gasteiger partial charge in [0.2, 0.25) is 15.9 Å². The minimum atomic E-state index is -3.47. The highest BCUT2D eigenvalue weighted by Gasteiger charge is 2.29. The van der Waals surface area contributed by atoms with Gasteiger partial charge in [-0.2, -0.15) is 0 Å². The fourth-order valence-corrected chi connectivity index (χ4v) is 4.92. The van der Waals surface area contributed by atoms with Crippen molar-refractivity contribution in [2.45, 2.75) is 29.2 Å². The Kier molecular flexibility index (Phi) is 5.93. The Bertz CT molecular complexity index is 927. The van der Waals surface area contributed by atoms with Crippen molar-refractivity contribution in [2.75, 3.05) is 25.5 Å². The van der Waals surface area contributed by atoms with E-state index in [0.29, 0.717) is 13.0 Å². The fraction of sp³-hybridized carbons (Fsp3) is 0.350. The van der Waals surface area contributed by atoms with Crippen LogP contribution >= 0.6 is 11.8 Å². The average molecular weight is 405 g/mol. The molecule has 0 fully saturated rings. The second-order valence-electron chi connectivity index (χ2n) is 6.76. The van der Waals surface area contributed by atoms with Crippen LogP contribution in [0, 0.1) is 0 Å². The monoisotopic (exact) mass is 404 g/mol. The molecular weight excluding hydrogens is 380 g/mol. The summed E-state index contributed by atoms with van der Waals surface area (Å²) >= 11 is 1.62. The molecule has 0 unspecified atom stereocenters. The number of anilines is 1. The maximum absolute atomic E-state index is 12.9. The summed E-state index contributed by atoms with van der Waals surface area (Å²) in [6, 6.07) is 15.1. The molecule has 1 atom stereocenters. The largest absolute Gasteiger partial charge is 0.311 e. The van der Waals surface area contributed by atoms with Crippen molar-refractivity contribution in [3.05, 3.63) is 59.7 Å². The van der Waals surface area contributed by atoms with Crippen molar-refractivity contribution in [3.63, 3.8) is 0 Å². The second-order valence-corrected chi connectivity index (χ2v) is 10.2. The molecule has 144 valence electrons. The van der Waals surface area contributed by atoms with Crippen molar-refractivity contribution in [2.24, 2.45) is 0 Å². The topological polar surface area (TPSA) is 57.7 Å². The van der Waals surface area contributed by atoms with Crippen LogP contribution in [-0.2, 0) is 27.0 Å². The highest BCUT2D eigenvalue weighted by molar-refractivity contribution is 7.99. The number of carbonyl (C=O) groups is 1. The summed E-state index contributed by atoms with van der Waals surface area (Å²) < 4.78 is 25.8. The zero-order valence-electron chi connectivity index (χ0n) is 15.8. The first-order chi connectivity index (χ1) is 12.8. The molecule has 27 heavy (non-hydrogen) atoms. The lowest BCUT2D eigenvalue weighted by molar-refractivity contribution is -0.117. The molecule has 7 heteroatoms. The third-order valence-corrected chi connectivity index (χ3v) is 7.69. The van der Waals surface area contributed by atoms with Crippen LogP contribution < -0.4 is 4.90 Å². The summed E-state index contributed by atoms with van der Waals surface area (Å²) in [6.07, 6.45) is 0.675. The minimum Gasteiger partial charge on any atom is -0.311 e. The molecule has 1 aliphatic rings. The van der Waals surface area contributed by atoms with E-state index in [4.69, 9.17) is 0 Å².